The van der Waals surface area contributed by atoms with Gasteiger partial charge in [-0.05, 0) is 48.9 Å². The van der Waals surface area contributed by atoms with Crippen molar-refractivity contribution in [3.8, 4) is 0 Å². The van der Waals surface area contributed by atoms with Crippen LogP contribution in [0.1, 0.15) is 23.0 Å². The molecule has 0 spiro atoms. The molecule has 2 aromatic carbocycles. The maximum atomic E-state index is 12.2. The summed E-state index contributed by atoms with van der Waals surface area (Å²) < 4.78 is 29.4. The fraction of sp³-hybridized carbons (Fsp3) is 0.0526. The van der Waals surface area contributed by atoms with E-state index in [2.05, 4.69) is 15.2 Å². The standard InChI is InChI=1S/C19H17N3O4S/c1-14(21-22-27(24,25)17-6-3-2-4-7-17)15-9-11-16(12-10-15)20-19(23)18-8-5-13-26-18/h2-13,22H,1H3,(H,20,23)/b21-14+. The molecule has 0 fully saturated rings. The Hall–Kier alpha value is -3.39. The van der Waals surface area contributed by atoms with Crippen LogP contribution in [0.15, 0.2) is 87.4 Å². The summed E-state index contributed by atoms with van der Waals surface area (Å²) in [5.74, 6) is -0.138. The van der Waals surface area contributed by atoms with E-state index in [9.17, 15) is 13.2 Å². The topological polar surface area (TPSA) is 101 Å². The summed E-state index contributed by atoms with van der Waals surface area (Å²) in [7, 11) is -3.72. The molecule has 7 nitrogen and oxygen atoms in total. The average Bonchev–Trinajstić information content (AvgIpc) is 3.22. The lowest BCUT2D eigenvalue weighted by Crippen LogP contribution is -2.19. The Morgan fingerprint density at radius 1 is 0.963 bits per heavy atom. The Bertz CT molecular complexity index is 1040. The molecular weight excluding hydrogens is 366 g/mol. The molecule has 0 aliphatic carbocycles. The second kappa shape index (κ2) is 7.88. The molecule has 0 saturated heterocycles. The maximum absolute atomic E-state index is 12.2. The number of nitrogens with one attached hydrogen (secondary N) is 2. The number of furan rings is 1. The largest absolute Gasteiger partial charge is 0.459 e. The normalized spacial score (nSPS) is 11.8. The summed E-state index contributed by atoms with van der Waals surface area (Å²) in [5, 5.41) is 6.65. The molecule has 27 heavy (non-hydrogen) atoms. The van der Waals surface area contributed by atoms with Gasteiger partial charge in [0.25, 0.3) is 15.9 Å². The zero-order chi connectivity index (χ0) is 19.3. The van der Waals surface area contributed by atoms with Gasteiger partial charge in [-0.1, -0.05) is 30.3 Å². The highest BCUT2D eigenvalue weighted by molar-refractivity contribution is 7.89. The van der Waals surface area contributed by atoms with Crippen LogP contribution in [0.5, 0.6) is 0 Å². The SMILES string of the molecule is C/C(=N\NS(=O)(=O)c1ccccc1)c1ccc(NC(=O)c2ccco2)cc1. The number of benzene rings is 2. The van der Waals surface area contributed by atoms with E-state index in [4.69, 9.17) is 4.42 Å². The van der Waals surface area contributed by atoms with Gasteiger partial charge in [0.1, 0.15) is 0 Å². The van der Waals surface area contributed by atoms with Gasteiger partial charge in [0.2, 0.25) is 0 Å². The fourth-order valence-corrected chi connectivity index (χ4v) is 3.12. The molecule has 0 aliphatic rings. The van der Waals surface area contributed by atoms with Crippen molar-refractivity contribution in [2.45, 2.75) is 11.8 Å². The van der Waals surface area contributed by atoms with Crippen LogP contribution in [0.25, 0.3) is 0 Å². The number of amides is 1. The van der Waals surface area contributed by atoms with Gasteiger partial charge in [0.05, 0.1) is 16.9 Å². The number of hydrogen-bond acceptors (Lipinski definition) is 5. The van der Waals surface area contributed by atoms with Crippen molar-refractivity contribution in [3.63, 3.8) is 0 Å². The Labute approximate surface area is 156 Å². The van der Waals surface area contributed by atoms with E-state index in [1.165, 1.54) is 18.4 Å². The second-order valence-electron chi connectivity index (χ2n) is 5.61. The van der Waals surface area contributed by atoms with Crippen molar-refractivity contribution >= 4 is 27.3 Å². The lowest BCUT2D eigenvalue weighted by atomic mass is 10.1. The van der Waals surface area contributed by atoms with Crippen molar-refractivity contribution in [2.75, 3.05) is 5.32 Å². The molecule has 0 atom stereocenters. The quantitative estimate of drug-likeness (QED) is 0.504. The summed E-state index contributed by atoms with van der Waals surface area (Å²) in [6, 6.07) is 18.0. The molecule has 2 N–H and O–H groups in total. The number of sulfonamides is 1. The Balaban J connectivity index is 1.67. The minimum atomic E-state index is -3.72. The number of hydrogen-bond donors (Lipinski definition) is 2. The molecule has 8 heteroatoms. The van der Waals surface area contributed by atoms with Crippen molar-refractivity contribution in [1.29, 1.82) is 0 Å². The zero-order valence-corrected chi connectivity index (χ0v) is 15.2. The van der Waals surface area contributed by atoms with Gasteiger partial charge >= 0.3 is 0 Å². The third kappa shape index (κ3) is 4.62. The van der Waals surface area contributed by atoms with Gasteiger partial charge in [0.15, 0.2) is 5.76 Å². The van der Waals surface area contributed by atoms with Crippen LogP contribution in [0.4, 0.5) is 5.69 Å². The number of anilines is 1. The number of carbonyl (C=O) groups excluding carboxylic acids is 1. The highest BCUT2D eigenvalue weighted by atomic mass is 32.2. The van der Waals surface area contributed by atoms with Gasteiger partial charge in [0, 0.05) is 5.69 Å². The van der Waals surface area contributed by atoms with Gasteiger partial charge in [-0.3, -0.25) is 4.79 Å². The van der Waals surface area contributed by atoms with Gasteiger partial charge in [-0.2, -0.15) is 18.4 Å². The van der Waals surface area contributed by atoms with Crippen LogP contribution in [0.3, 0.4) is 0 Å². The first-order valence-electron chi connectivity index (χ1n) is 8.02. The molecule has 0 bridgehead atoms. The van der Waals surface area contributed by atoms with E-state index in [1.54, 1.807) is 61.5 Å². The highest BCUT2D eigenvalue weighted by Crippen LogP contribution is 2.13. The van der Waals surface area contributed by atoms with E-state index in [1.807, 2.05) is 0 Å². The number of nitrogens with zero attached hydrogens (tertiary/aromatic N) is 1. The Morgan fingerprint density at radius 3 is 2.30 bits per heavy atom. The van der Waals surface area contributed by atoms with Crippen molar-refractivity contribution in [2.24, 2.45) is 5.10 Å². The van der Waals surface area contributed by atoms with E-state index in [-0.39, 0.29) is 16.6 Å². The molecule has 1 aromatic heterocycles. The van der Waals surface area contributed by atoms with E-state index in [0.29, 0.717) is 17.0 Å². The van der Waals surface area contributed by atoms with Crippen LogP contribution in [-0.4, -0.2) is 20.0 Å². The van der Waals surface area contributed by atoms with Gasteiger partial charge in [-0.15, -0.1) is 0 Å². The smallest absolute Gasteiger partial charge is 0.291 e. The summed E-state index contributed by atoms with van der Waals surface area (Å²) >= 11 is 0. The first-order chi connectivity index (χ1) is 13.0. The third-order valence-electron chi connectivity index (χ3n) is 3.69. The average molecular weight is 383 g/mol. The highest BCUT2D eigenvalue weighted by Gasteiger charge is 2.12. The monoisotopic (exact) mass is 383 g/mol. The number of rotatable bonds is 6. The van der Waals surface area contributed by atoms with E-state index < -0.39 is 10.0 Å². The number of hydrazone groups is 1. The van der Waals surface area contributed by atoms with Gasteiger partial charge < -0.3 is 9.73 Å². The lowest BCUT2D eigenvalue weighted by molar-refractivity contribution is 0.0996. The van der Waals surface area contributed by atoms with Crippen LogP contribution >= 0.6 is 0 Å². The molecule has 0 radical (unpaired) electrons. The van der Waals surface area contributed by atoms with Crippen molar-refractivity contribution < 1.29 is 17.6 Å². The number of carbonyl (C=O) groups is 1. The molecular formula is C19H17N3O4S. The first kappa shape index (κ1) is 18.4. The minimum absolute atomic E-state index is 0.137. The van der Waals surface area contributed by atoms with E-state index >= 15 is 0 Å². The fourth-order valence-electron chi connectivity index (χ4n) is 2.24. The summed E-state index contributed by atoms with van der Waals surface area (Å²) in [5.41, 5.74) is 1.78. The van der Waals surface area contributed by atoms with Crippen LogP contribution in [0.2, 0.25) is 0 Å². The summed E-state index contributed by atoms with van der Waals surface area (Å²) in [6.07, 6.45) is 1.42. The molecule has 1 heterocycles. The van der Waals surface area contributed by atoms with Crippen molar-refractivity contribution in [3.05, 3.63) is 84.3 Å². The molecule has 0 unspecified atom stereocenters. The molecule has 138 valence electrons. The van der Waals surface area contributed by atoms with Crippen LogP contribution in [-0.2, 0) is 10.0 Å². The van der Waals surface area contributed by atoms with E-state index in [0.717, 1.165) is 0 Å². The summed E-state index contributed by atoms with van der Waals surface area (Å²) in [4.78, 5) is 14.3. The molecule has 1 amide bonds. The molecule has 0 aliphatic heterocycles. The first-order valence-corrected chi connectivity index (χ1v) is 9.50. The van der Waals surface area contributed by atoms with Crippen molar-refractivity contribution in [1.82, 2.24) is 4.83 Å². The zero-order valence-electron chi connectivity index (χ0n) is 14.4. The van der Waals surface area contributed by atoms with Crippen LogP contribution in [0, 0.1) is 0 Å². The molecule has 3 rings (SSSR count). The molecule has 3 aromatic rings. The summed E-state index contributed by atoms with van der Waals surface area (Å²) in [6.45, 7) is 1.68. The maximum Gasteiger partial charge on any atom is 0.291 e. The third-order valence-corrected chi connectivity index (χ3v) is 4.92. The Kier molecular flexibility index (Phi) is 5.37. The molecule has 0 saturated carbocycles. The predicted octanol–water partition coefficient (Wildman–Crippen LogP) is 3.23. The lowest BCUT2D eigenvalue weighted by Gasteiger charge is -2.07. The van der Waals surface area contributed by atoms with Crippen LogP contribution < -0.4 is 10.1 Å². The predicted molar refractivity (Wildman–Crippen MR) is 102 cm³/mol. The second-order valence-corrected chi connectivity index (χ2v) is 7.27. The minimum Gasteiger partial charge on any atom is -0.459 e. The van der Waals surface area contributed by atoms with Gasteiger partial charge in [-0.25, -0.2) is 0 Å². The Morgan fingerprint density at radius 2 is 1.67 bits per heavy atom.